The summed E-state index contributed by atoms with van der Waals surface area (Å²) in [7, 11) is 0. The molecule has 2 atom stereocenters. The smallest absolute Gasteiger partial charge is 0.0471 e. The standard InChI is InChI=1S/C14H28N2O.ClH/c1-3-14(5-8-17-9-6-14)11-16-7-4-13(15)12(2)10-16;/h12-13H,3-11,15H2,1-2H3;1H. The van der Waals surface area contributed by atoms with Gasteiger partial charge in [0.2, 0.25) is 0 Å². The van der Waals surface area contributed by atoms with Crippen molar-refractivity contribution in [3.05, 3.63) is 0 Å². The van der Waals surface area contributed by atoms with Crippen LogP contribution in [-0.4, -0.2) is 43.8 Å². The summed E-state index contributed by atoms with van der Waals surface area (Å²) in [4.78, 5) is 2.64. The van der Waals surface area contributed by atoms with E-state index in [1.807, 2.05) is 0 Å². The van der Waals surface area contributed by atoms with Gasteiger partial charge < -0.3 is 15.4 Å². The Bertz CT molecular complexity index is 244. The Morgan fingerprint density at radius 2 is 2.00 bits per heavy atom. The molecule has 0 aromatic rings. The van der Waals surface area contributed by atoms with Crippen LogP contribution in [-0.2, 0) is 4.74 Å². The van der Waals surface area contributed by atoms with Gasteiger partial charge in [0.1, 0.15) is 0 Å². The lowest BCUT2D eigenvalue weighted by molar-refractivity contribution is -0.0142. The van der Waals surface area contributed by atoms with Crippen LogP contribution in [0.15, 0.2) is 0 Å². The molecule has 0 spiro atoms. The number of ether oxygens (including phenoxy) is 1. The van der Waals surface area contributed by atoms with Gasteiger partial charge in [0.15, 0.2) is 0 Å². The van der Waals surface area contributed by atoms with Crippen molar-refractivity contribution in [3.63, 3.8) is 0 Å². The van der Waals surface area contributed by atoms with Crippen molar-refractivity contribution >= 4 is 12.4 Å². The van der Waals surface area contributed by atoms with E-state index >= 15 is 0 Å². The van der Waals surface area contributed by atoms with E-state index < -0.39 is 0 Å². The van der Waals surface area contributed by atoms with Crippen LogP contribution in [0.3, 0.4) is 0 Å². The summed E-state index contributed by atoms with van der Waals surface area (Å²) in [6, 6.07) is 0.415. The first-order valence-electron chi connectivity index (χ1n) is 7.21. The van der Waals surface area contributed by atoms with Gasteiger partial charge in [-0.15, -0.1) is 12.4 Å². The highest BCUT2D eigenvalue weighted by atomic mass is 35.5. The minimum absolute atomic E-state index is 0. The number of likely N-dealkylation sites (tertiary alicyclic amines) is 1. The molecular formula is C14H29ClN2O. The summed E-state index contributed by atoms with van der Waals surface area (Å²) in [5.41, 5.74) is 6.61. The fourth-order valence-corrected chi connectivity index (χ4v) is 3.30. The van der Waals surface area contributed by atoms with Gasteiger partial charge in [-0.2, -0.15) is 0 Å². The van der Waals surface area contributed by atoms with Crippen LogP contribution in [0.4, 0.5) is 0 Å². The van der Waals surface area contributed by atoms with E-state index in [9.17, 15) is 0 Å². The van der Waals surface area contributed by atoms with E-state index in [0.29, 0.717) is 17.4 Å². The summed E-state index contributed by atoms with van der Waals surface area (Å²) < 4.78 is 5.52. The molecule has 0 aliphatic carbocycles. The monoisotopic (exact) mass is 276 g/mol. The van der Waals surface area contributed by atoms with Gasteiger partial charge in [-0.25, -0.2) is 0 Å². The Kier molecular flexibility index (Phi) is 6.39. The Morgan fingerprint density at radius 1 is 1.33 bits per heavy atom. The van der Waals surface area contributed by atoms with Crippen LogP contribution < -0.4 is 5.73 Å². The van der Waals surface area contributed by atoms with Gasteiger partial charge in [-0.3, -0.25) is 0 Å². The number of rotatable bonds is 3. The van der Waals surface area contributed by atoms with E-state index in [1.54, 1.807) is 0 Å². The summed E-state index contributed by atoms with van der Waals surface area (Å²) in [6.07, 6.45) is 4.92. The largest absolute Gasteiger partial charge is 0.381 e. The van der Waals surface area contributed by atoms with Crippen LogP contribution in [0.5, 0.6) is 0 Å². The number of piperidine rings is 1. The van der Waals surface area contributed by atoms with Crippen molar-refractivity contribution in [1.29, 1.82) is 0 Å². The van der Waals surface area contributed by atoms with Crippen molar-refractivity contribution in [2.75, 3.05) is 32.8 Å². The van der Waals surface area contributed by atoms with E-state index in [2.05, 4.69) is 18.7 Å². The molecule has 108 valence electrons. The van der Waals surface area contributed by atoms with E-state index in [4.69, 9.17) is 10.5 Å². The lowest BCUT2D eigenvalue weighted by atomic mass is 9.77. The van der Waals surface area contributed by atoms with Crippen molar-refractivity contribution in [1.82, 2.24) is 4.90 Å². The molecule has 2 saturated heterocycles. The fourth-order valence-electron chi connectivity index (χ4n) is 3.30. The SMILES string of the molecule is CCC1(CN2CCC(N)C(C)C2)CCOCC1.Cl. The molecule has 4 heteroatoms. The average molecular weight is 277 g/mol. The second-order valence-corrected chi connectivity index (χ2v) is 6.13. The second kappa shape index (κ2) is 7.09. The molecular weight excluding hydrogens is 248 g/mol. The molecule has 2 aliphatic rings. The maximum atomic E-state index is 6.09. The predicted molar refractivity (Wildman–Crippen MR) is 78.2 cm³/mol. The normalized spacial score (nSPS) is 32.8. The molecule has 0 aromatic carbocycles. The van der Waals surface area contributed by atoms with Crippen LogP contribution in [0.2, 0.25) is 0 Å². The zero-order valence-electron chi connectivity index (χ0n) is 11.9. The van der Waals surface area contributed by atoms with Gasteiger partial charge >= 0.3 is 0 Å². The Morgan fingerprint density at radius 3 is 2.56 bits per heavy atom. The maximum absolute atomic E-state index is 6.09. The Hall–Kier alpha value is 0.170. The predicted octanol–water partition coefficient (Wildman–Crippen LogP) is 2.28. The number of nitrogens with zero attached hydrogens (tertiary/aromatic N) is 1. The topological polar surface area (TPSA) is 38.5 Å². The molecule has 0 saturated carbocycles. The molecule has 0 aromatic heterocycles. The molecule has 18 heavy (non-hydrogen) atoms. The molecule has 2 N–H and O–H groups in total. The second-order valence-electron chi connectivity index (χ2n) is 6.13. The van der Waals surface area contributed by atoms with Crippen molar-refractivity contribution < 1.29 is 4.74 Å². The van der Waals surface area contributed by atoms with Crippen LogP contribution in [0, 0.1) is 11.3 Å². The Balaban J connectivity index is 0.00000162. The molecule has 2 fully saturated rings. The minimum atomic E-state index is 0. The summed E-state index contributed by atoms with van der Waals surface area (Å²) in [6.45, 7) is 10.2. The molecule has 2 aliphatic heterocycles. The van der Waals surface area contributed by atoms with Crippen molar-refractivity contribution in [3.8, 4) is 0 Å². The zero-order valence-corrected chi connectivity index (χ0v) is 12.7. The quantitative estimate of drug-likeness (QED) is 0.860. The summed E-state index contributed by atoms with van der Waals surface area (Å²) in [5, 5.41) is 0. The third kappa shape index (κ3) is 3.83. The first kappa shape index (κ1) is 16.2. The van der Waals surface area contributed by atoms with Crippen LogP contribution >= 0.6 is 12.4 Å². The fraction of sp³-hybridized carbons (Fsp3) is 1.00. The number of hydrogen-bond donors (Lipinski definition) is 1. The number of halogens is 1. The Labute approximate surface area is 118 Å². The van der Waals surface area contributed by atoms with E-state index in [-0.39, 0.29) is 12.4 Å². The zero-order chi connectivity index (χ0) is 12.3. The van der Waals surface area contributed by atoms with E-state index in [0.717, 1.165) is 19.6 Å². The lowest BCUT2D eigenvalue weighted by Gasteiger charge is -2.44. The minimum Gasteiger partial charge on any atom is -0.381 e. The van der Waals surface area contributed by atoms with Gasteiger partial charge in [0.05, 0.1) is 0 Å². The first-order valence-corrected chi connectivity index (χ1v) is 7.21. The van der Waals surface area contributed by atoms with Gasteiger partial charge in [0.25, 0.3) is 0 Å². The lowest BCUT2D eigenvalue weighted by Crippen LogP contribution is -2.50. The van der Waals surface area contributed by atoms with Crippen LogP contribution in [0.25, 0.3) is 0 Å². The molecule has 0 bridgehead atoms. The molecule has 3 nitrogen and oxygen atoms in total. The highest BCUT2D eigenvalue weighted by Gasteiger charge is 2.34. The van der Waals surface area contributed by atoms with E-state index in [1.165, 1.54) is 38.9 Å². The molecule has 2 heterocycles. The van der Waals surface area contributed by atoms with Gasteiger partial charge in [-0.1, -0.05) is 13.8 Å². The van der Waals surface area contributed by atoms with Gasteiger partial charge in [0, 0.05) is 32.3 Å². The highest BCUT2D eigenvalue weighted by Crippen LogP contribution is 2.35. The summed E-state index contributed by atoms with van der Waals surface area (Å²) >= 11 is 0. The third-order valence-electron chi connectivity index (χ3n) is 4.92. The third-order valence-corrected chi connectivity index (χ3v) is 4.92. The van der Waals surface area contributed by atoms with Crippen molar-refractivity contribution in [2.45, 2.75) is 45.6 Å². The molecule has 0 radical (unpaired) electrons. The molecule has 2 rings (SSSR count). The van der Waals surface area contributed by atoms with Crippen molar-refractivity contribution in [2.24, 2.45) is 17.1 Å². The number of hydrogen-bond acceptors (Lipinski definition) is 3. The number of nitrogens with two attached hydrogens (primary N) is 1. The average Bonchev–Trinajstić information content (AvgIpc) is 2.35. The van der Waals surface area contributed by atoms with Gasteiger partial charge in [-0.05, 0) is 43.6 Å². The first-order chi connectivity index (χ1) is 8.15. The van der Waals surface area contributed by atoms with Crippen LogP contribution in [0.1, 0.15) is 39.5 Å². The maximum Gasteiger partial charge on any atom is 0.0471 e. The highest BCUT2D eigenvalue weighted by molar-refractivity contribution is 5.85. The molecule has 0 amide bonds. The summed E-state index contributed by atoms with van der Waals surface area (Å²) in [5.74, 6) is 0.650. The molecule has 2 unspecified atom stereocenters.